The van der Waals surface area contributed by atoms with Gasteiger partial charge in [-0.3, -0.25) is 14.4 Å². The average Bonchev–Trinajstić information content (AvgIpc) is 3.29. The second-order valence-electron chi connectivity index (χ2n) is 8.05. The van der Waals surface area contributed by atoms with Crippen molar-refractivity contribution >= 4 is 22.6 Å². The van der Waals surface area contributed by atoms with E-state index in [4.69, 9.17) is 0 Å². The summed E-state index contributed by atoms with van der Waals surface area (Å²) >= 11 is 0. The summed E-state index contributed by atoms with van der Waals surface area (Å²) in [5.74, 6) is -0.748. The maximum atomic E-state index is 14.7. The number of benzene rings is 2. The summed E-state index contributed by atoms with van der Waals surface area (Å²) in [5, 5.41) is 10.5. The molecule has 3 heterocycles. The highest BCUT2D eigenvalue weighted by Crippen LogP contribution is 2.22. The van der Waals surface area contributed by atoms with Gasteiger partial charge >= 0.3 is 0 Å². The number of aromatic nitrogens is 4. The van der Waals surface area contributed by atoms with Gasteiger partial charge in [-0.25, -0.2) is 14.5 Å². The van der Waals surface area contributed by atoms with Gasteiger partial charge in [-0.15, -0.1) is 0 Å². The number of fused-ring (bicyclic) bond motifs is 2. The van der Waals surface area contributed by atoms with Crippen molar-refractivity contribution in [3.8, 4) is 0 Å². The van der Waals surface area contributed by atoms with Crippen LogP contribution in [0.5, 0.6) is 0 Å². The zero-order chi connectivity index (χ0) is 23.8. The fourth-order valence-electron chi connectivity index (χ4n) is 4.26. The molecule has 0 atom stereocenters. The molecule has 5 rings (SSSR count). The van der Waals surface area contributed by atoms with Crippen LogP contribution < -0.4 is 10.9 Å². The highest BCUT2D eigenvalue weighted by atomic mass is 19.1. The van der Waals surface area contributed by atoms with Gasteiger partial charge in [0.25, 0.3) is 17.4 Å². The summed E-state index contributed by atoms with van der Waals surface area (Å²) in [4.78, 5) is 43.0. The lowest BCUT2D eigenvalue weighted by atomic mass is 10.0. The van der Waals surface area contributed by atoms with Gasteiger partial charge in [0.2, 0.25) is 0 Å². The van der Waals surface area contributed by atoms with Gasteiger partial charge in [0.05, 0.1) is 29.4 Å². The molecule has 4 aromatic rings. The number of halogens is 1. The molecule has 2 aromatic heterocycles. The van der Waals surface area contributed by atoms with Crippen molar-refractivity contribution in [3.63, 3.8) is 0 Å². The summed E-state index contributed by atoms with van der Waals surface area (Å²) < 4.78 is 16.5. The minimum atomic E-state index is -0.618. The van der Waals surface area contributed by atoms with Gasteiger partial charge in [-0.1, -0.05) is 24.3 Å². The Kier molecular flexibility index (Phi) is 5.40. The minimum absolute atomic E-state index is 0.0437. The number of carbonyl (C=O) groups excluding carboxylic acids is 2. The fourth-order valence-corrected chi connectivity index (χ4v) is 4.26. The molecular weight excluding hydrogens is 439 g/mol. The number of imidazole rings is 1. The van der Waals surface area contributed by atoms with E-state index in [1.165, 1.54) is 23.2 Å². The van der Waals surface area contributed by atoms with Crippen LogP contribution in [0.25, 0.3) is 10.8 Å². The van der Waals surface area contributed by atoms with Gasteiger partial charge in [0.15, 0.2) is 0 Å². The van der Waals surface area contributed by atoms with E-state index in [2.05, 4.69) is 20.5 Å². The Hall–Kier alpha value is -4.34. The summed E-state index contributed by atoms with van der Waals surface area (Å²) in [6.07, 6.45) is 1.79. The molecule has 0 saturated heterocycles. The molecule has 34 heavy (non-hydrogen) atoms. The molecule has 0 unspecified atom stereocenters. The number of amides is 2. The lowest BCUT2D eigenvalue weighted by Crippen LogP contribution is -2.40. The van der Waals surface area contributed by atoms with E-state index in [1.54, 1.807) is 29.8 Å². The first-order valence-electron chi connectivity index (χ1n) is 10.8. The second-order valence-corrected chi connectivity index (χ2v) is 8.05. The van der Waals surface area contributed by atoms with E-state index in [1.807, 2.05) is 12.1 Å². The van der Waals surface area contributed by atoms with Crippen molar-refractivity contribution < 1.29 is 14.0 Å². The van der Waals surface area contributed by atoms with Crippen LogP contribution in [0, 0.1) is 5.82 Å². The molecule has 2 aromatic carbocycles. The molecule has 0 bridgehead atoms. The lowest BCUT2D eigenvalue weighted by molar-refractivity contribution is 0.0701. The normalized spacial score (nSPS) is 13.1. The molecule has 9 nitrogen and oxygen atoms in total. The molecule has 10 heteroatoms. The lowest BCUT2D eigenvalue weighted by Gasteiger charge is -2.28. The Labute approximate surface area is 193 Å². The maximum absolute atomic E-state index is 14.7. The highest BCUT2D eigenvalue weighted by Gasteiger charge is 2.27. The minimum Gasteiger partial charge on any atom is -0.354 e. The van der Waals surface area contributed by atoms with Crippen LogP contribution in [0.15, 0.2) is 53.5 Å². The van der Waals surface area contributed by atoms with Crippen molar-refractivity contribution in [2.24, 2.45) is 0 Å². The standard InChI is InChI=1S/C24H21FN6O3/c1-26-23(33)20-12-27-21-13-30(8-9-31(20)21)24(34)17-10-14(6-7-18(17)25)11-19-15-4-2-3-5-16(15)22(32)29-28-19/h2-7,10,12H,8-9,11,13H2,1H3,(H,26,33)(H,29,32). The predicted molar refractivity (Wildman–Crippen MR) is 122 cm³/mol. The van der Waals surface area contributed by atoms with Crippen molar-refractivity contribution in [1.29, 1.82) is 0 Å². The third kappa shape index (κ3) is 3.72. The first-order chi connectivity index (χ1) is 16.5. The van der Waals surface area contributed by atoms with Crippen LogP contribution in [0.4, 0.5) is 4.39 Å². The zero-order valence-electron chi connectivity index (χ0n) is 18.3. The Morgan fingerprint density at radius 1 is 1.15 bits per heavy atom. The van der Waals surface area contributed by atoms with Crippen molar-refractivity contribution in [3.05, 3.63) is 93.2 Å². The van der Waals surface area contributed by atoms with Crippen LogP contribution in [-0.2, 0) is 19.5 Å². The Morgan fingerprint density at radius 2 is 1.94 bits per heavy atom. The van der Waals surface area contributed by atoms with Crippen LogP contribution >= 0.6 is 0 Å². The molecule has 1 aliphatic rings. The molecule has 0 saturated carbocycles. The maximum Gasteiger partial charge on any atom is 0.272 e. The average molecular weight is 460 g/mol. The SMILES string of the molecule is CNC(=O)c1cnc2n1CCN(C(=O)c1cc(Cc3n[nH]c(=O)c4ccccc34)ccc1F)C2. The van der Waals surface area contributed by atoms with Crippen LogP contribution in [-0.4, -0.2) is 50.1 Å². The molecule has 1 aliphatic heterocycles. The number of rotatable bonds is 4. The molecule has 2 N–H and O–H groups in total. The third-order valence-electron chi connectivity index (χ3n) is 6.02. The smallest absolute Gasteiger partial charge is 0.272 e. The Bertz CT molecular complexity index is 1490. The molecule has 0 aliphatic carbocycles. The predicted octanol–water partition coefficient (Wildman–Crippen LogP) is 1.87. The quantitative estimate of drug-likeness (QED) is 0.483. The number of nitrogens with one attached hydrogen (secondary N) is 2. The van der Waals surface area contributed by atoms with Crippen LogP contribution in [0.3, 0.4) is 0 Å². The largest absolute Gasteiger partial charge is 0.354 e. The molecule has 0 spiro atoms. The van der Waals surface area contributed by atoms with Crippen molar-refractivity contribution in [2.45, 2.75) is 19.5 Å². The van der Waals surface area contributed by atoms with Gasteiger partial charge in [-0.05, 0) is 23.8 Å². The third-order valence-corrected chi connectivity index (χ3v) is 6.02. The summed E-state index contributed by atoms with van der Waals surface area (Å²) in [6, 6.07) is 11.5. The van der Waals surface area contributed by atoms with Crippen molar-refractivity contribution in [2.75, 3.05) is 13.6 Å². The zero-order valence-corrected chi connectivity index (χ0v) is 18.3. The van der Waals surface area contributed by atoms with Crippen LogP contribution in [0.2, 0.25) is 0 Å². The molecule has 172 valence electrons. The first-order valence-corrected chi connectivity index (χ1v) is 10.8. The van der Waals surface area contributed by atoms with Gasteiger partial charge in [0, 0.05) is 31.9 Å². The number of carbonyl (C=O) groups is 2. The van der Waals surface area contributed by atoms with E-state index >= 15 is 0 Å². The number of hydrogen-bond acceptors (Lipinski definition) is 5. The van der Waals surface area contributed by atoms with Gasteiger partial charge in [-0.2, -0.15) is 5.10 Å². The molecule has 2 amide bonds. The summed E-state index contributed by atoms with van der Waals surface area (Å²) in [5.41, 5.74) is 1.42. The second kappa shape index (κ2) is 8.54. The fraction of sp³-hybridized carbons (Fsp3) is 0.208. The topological polar surface area (TPSA) is 113 Å². The van der Waals surface area contributed by atoms with Gasteiger partial charge in [0.1, 0.15) is 17.3 Å². The number of H-pyrrole nitrogens is 1. The number of aromatic amines is 1. The van der Waals surface area contributed by atoms with Crippen molar-refractivity contribution in [1.82, 2.24) is 30.0 Å². The molecule has 0 fully saturated rings. The Balaban J connectivity index is 1.41. The van der Waals surface area contributed by atoms with Crippen LogP contribution in [0.1, 0.15) is 37.9 Å². The highest BCUT2D eigenvalue weighted by molar-refractivity contribution is 5.95. The number of nitrogens with zero attached hydrogens (tertiary/aromatic N) is 4. The van der Waals surface area contributed by atoms with E-state index in [0.29, 0.717) is 53.1 Å². The monoisotopic (exact) mass is 460 g/mol. The van der Waals surface area contributed by atoms with Gasteiger partial charge < -0.3 is 14.8 Å². The Morgan fingerprint density at radius 3 is 2.74 bits per heavy atom. The van der Waals surface area contributed by atoms with E-state index < -0.39 is 11.7 Å². The first kappa shape index (κ1) is 21.5. The molecular formula is C24H21FN6O3. The van der Waals surface area contributed by atoms with E-state index in [0.717, 1.165) is 0 Å². The summed E-state index contributed by atoms with van der Waals surface area (Å²) in [6.45, 7) is 0.881. The summed E-state index contributed by atoms with van der Waals surface area (Å²) in [7, 11) is 1.54. The molecule has 0 radical (unpaired) electrons. The van der Waals surface area contributed by atoms with E-state index in [-0.39, 0.29) is 23.6 Å². The number of hydrogen-bond donors (Lipinski definition) is 2. The van der Waals surface area contributed by atoms with E-state index in [9.17, 15) is 18.8 Å².